The second-order valence-corrected chi connectivity index (χ2v) is 1.81. The maximum atomic E-state index is 5.40. The summed E-state index contributed by atoms with van der Waals surface area (Å²) in [5.41, 5.74) is 5.87. The molecular formula is C7H8N2O. The van der Waals surface area contributed by atoms with Crippen LogP contribution in [0.4, 0.5) is 5.82 Å². The summed E-state index contributed by atoms with van der Waals surface area (Å²) < 4.78 is 4.68. The molecule has 0 radical (unpaired) electrons. The van der Waals surface area contributed by atoms with E-state index in [0.717, 1.165) is 0 Å². The number of anilines is 1. The van der Waals surface area contributed by atoms with Crippen LogP contribution >= 0.6 is 0 Å². The highest BCUT2D eigenvalue weighted by molar-refractivity contribution is 5.43. The van der Waals surface area contributed by atoms with Crippen LogP contribution in [0.5, 0.6) is 0 Å². The Bertz CT molecular complexity index is 337. The maximum Gasteiger partial charge on any atom is 0.174 e. The minimum Gasteiger partial charge on any atom is -0.380 e. The predicted octanol–water partition coefficient (Wildman–Crippen LogP) is -0.366. The van der Waals surface area contributed by atoms with Crippen molar-refractivity contribution in [3.8, 4) is 0 Å². The summed E-state index contributed by atoms with van der Waals surface area (Å²) in [6.07, 6.45) is 3.31. The van der Waals surface area contributed by atoms with Crippen LogP contribution in [0.25, 0.3) is 12.7 Å². The minimum atomic E-state index is 0.352. The summed E-state index contributed by atoms with van der Waals surface area (Å²) in [6.45, 7) is 7.08. The van der Waals surface area contributed by atoms with E-state index in [9.17, 15) is 0 Å². The van der Waals surface area contributed by atoms with Gasteiger partial charge in [0.15, 0.2) is 11.2 Å². The fourth-order valence-electron chi connectivity index (χ4n) is 0.642. The topological polar surface area (TPSA) is 52.0 Å². The average Bonchev–Trinajstić information content (AvgIpc) is 2.20. The lowest BCUT2D eigenvalue weighted by Gasteiger charge is -1.74. The zero-order valence-electron chi connectivity index (χ0n) is 5.50. The van der Waals surface area contributed by atoms with Gasteiger partial charge in [-0.3, -0.25) is 0 Å². The Morgan fingerprint density at radius 1 is 1.60 bits per heavy atom. The number of allylic oxidation sites excluding steroid dienone is 1. The molecule has 0 amide bonds. The summed E-state index contributed by atoms with van der Waals surface area (Å²) in [4.78, 5) is 0. The zero-order chi connectivity index (χ0) is 7.56. The van der Waals surface area contributed by atoms with E-state index in [1.165, 1.54) is 0 Å². The van der Waals surface area contributed by atoms with Crippen molar-refractivity contribution in [1.29, 1.82) is 0 Å². The van der Waals surface area contributed by atoms with Crippen molar-refractivity contribution in [2.24, 2.45) is 0 Å². The molecule has 1 aromatic rings. The molecule has 52 valence electrons. The maximum absolute atomic E-state index is 5.40. The Labute approximate surface area is 58.1 Å². The van der Waals surface area contributed by atoms with E-state index in [-0.39, 0.29) is 0 Å². The third kappa shape index (κ3) is 0.932. The molecular weight excluding hydrogens is 128 g/mol. The number of hydrogen-bond acceptors (Lipinski definition) is 3. The van der Waals surface area contributed by atoms with E-state index in [1.54, 1.807) is 12.2 Å². The van der Waals surface area contributed by atoms with Crippen molar-refractivity contribution < 1.29 is 4.52 Å². The lowest BCUT2D eigenvalue weighted by Crippen LogP contribution is -2.20. The molecule has 0 saturated heterocycles. The molecule has 0 aliphatic rings. The first kappa shape index (κ1) is 6.61. The van der Waals surface area contributed by atoms with Gasteiger partial charge in [0.1, 0.15) is 0 Å². The molecule has 3 heteroatoms. The van der Waals surface area contributed by atoms with Gasteiger partial charge in [-0.1, -0.05) is 24.4 Å². The van der Waals surface area contributed by atoms with Crippen molar-refractivity contribution in [1.82, 2.24) is 5.16 Å². The molecule has 10 heavy (non-hydrogen) atoms. The van der Waals surface area contributed by atoms with Gasteiger partial charge in [-0.05, 0) is 6.08 Å². The SMILES string of the molecule is C=C/C=c1/c(N)noc1=C. The van der Waals surface area contributed by atoms with Gasteiger partial charge in [-0.15, -0.1) is 0 Å². The molecule has 0 atom stereocenters. The number of rotatable bonds is 1. The van der Waals surface area contributed by atoms with Gasteiger partial charge in [0.05, 0.1) is 5.22 Å². The molecule has 1 heterocycles. The molecule has 0 unspecified atom stereocenters. The quantitative estimate of drug-likeness (QED) is 0.573. The minimum absolute atomic E-state index is 0.352. The van der Waals surface area contributed by atoms with Crippen LogP contribution in [0.2, 0.25) is 0 Å². The van der Waals surface area contributed by atoms with E-state index in [0.29, 0.717) is 16.5 Å². The lowest BCUT2D eigenvalue weighted by molar-refractivity contribution is 0.398. The number of nitrogens with two attached hydrogens (primary N) is 1. The van der Waals surface area contributed by atoms with Crippen LogP contribution in [0, 0.1) is 0 Å². The van der Waals surface area contributed by atoms with Gasteiger partial charge in [-0.25, -0.2) is 0 Å². The van der Waals surface area contributed by atoms with Gasteiger partial charge in [0.25, 0.3) is 0 Å². The first-order chi connectivity index (χ1) is 4.75. The Kier molecular flexibility index (Phi) is 1.58. The molecule has 1 aromatic heterocycles. The smallest absolute Gasteiger partial charge is 0.174 e. The highest BCUT2D eigenvalue weighted by Gasteiger charge is 1.93. The Balaban J connectivity index is 3.51. The molecule has 3 nitrogen and oxygen atoms in total. The van der Waals surface area contributed by atoms with Crippen LogP contribution in [-0.4, -0.2) is 5.16 Å². The number of nitrogen functional groups attached to an aromatic ring is 1. The van der Waals surface area contributed by atoms with Gasteiger partial charge < -0.3 is 10.3 Å². The van der Waals surface area contributed by atoms with Gasteiger partial charge >= 0.3 is 0 Å². The Morgan fingerprint density at radius 2 is 2.30 bits per heavy atom. The Hall–Kier alpha value is -1.51. The number of hydrogen-bond donors (Lipinski definition) is 1. The molecule has 2 N–H and O–H groups in total. The van der Waals surface area contributed by atoms with Crippen molar-refractivity contribution in [3.63, 3.8) is 0 Å². The average molecular weight is 136 g/mol. The van der Waals surface area contributed by atoms with Gasteiger partial charge in [-0.2, -0.15) is 0 Å². The summed E-state index contributed by atoms with van der Waals surface area (Å²) in [7, 11) is 0. The lowest BCUT2D eigenvalue weighted by atomic mass is 10.4. The summed E-state index contributed by atoms with van der Waals surface area (Å²) >= 11 is 0. The molecule has 0 aliphatic heterocycles. The first-order valence-electron chi connectivity index (χ1n) is 2.78. The van der Waals surface area contributed by atoms with E-state index in [1.807, 2.05) is 0 Å². The van der Waals surface area contributed by atoms with E-state index in [4.69, 9.17) is 5.73 Å². The van der Waals surface area contributed by atoms with Gasteiger partial charge in [0, 0.05) is 0 Å². The van der Waals surface area contributed by atoms with Crippen LogP contribution in [0.3, 0.4) is 0 Å². The number of aromatic nitrogens is 1. The summed E-state index contributed by atoms with van der Waals surface area (Å²) in [6, 6.07) is 0. The standard InChI is InChI=1S/C7H8N2O/c1-3-4-6-5(2)10-9-7(6)8/h3-4H,1-2H2,(H2,8,9)/b6-4+. The highest BCUT2D eigenvalue weighted by atomic mass is 16.5. The molecule has 0 aromatic carbocycles. The van der Waals surface area contributed by atoms with E-state index < -0.39 is 0 Å². The van der Waals surface area contributed by atoms with Crippen LogP contribution in [0.15, 0.2) is 17.2 Å². The fraction of sp³-hybridized carbons (Fsp3) is 0. The van der Waals surface area contributed by atoms with Gasteiger partial charge in [0.2, 0.25) is 0 Å². The van der Waals surface area contributed by atoms with Crippen molar-refractivity contribution >= 4 is 18.5 Å². The zero-order valence-corrected chi connectivity index (χ0v) is 5.50. The predicted molar refractivity (Wildman–Crippen MR) is 40.3 cm³/mol. The third-order valence-corrected chi connectivity index (χ3v) is 1.12. The second kappa shape index (κ2) is 2.39. The van der Waals surface area contributed by atoms with Crippen LogP contribution in [-0.2, 0) is 0 Å². The molecule has 0 saturated carbocycles. The van der Waals surface area contributed by atoms with Crippen molar-refractivity contribution in [3.05, 3.63) is 23.3 Å². The molecule has 0 spiro atoms. The molecule has 1 rings (SSSR count). The third-order valence-electron chi connectivity index (χ3n) is 1.12. The normalized spacial score (nSPS) is 11.8. The fourth-order valence-corrected chi connectivity index (χ4v) is 0.642. The Morgan fingerprint density at radius 3 is 2.70 bits per heavy atom. The van der Waals surface area contributed by atoms with Crippen LogP contribution < -0.4 is 16.4 Å². The van der Waals surface area contributed by atoms with Crippen molar-refractivity contribution in [2.45, 2.75) is 0 Å². The summed E-state index contributed by atoms with van der Waals surface area (Å²) in [5, 5.41) is 4.20. The van der Waals surface area contributed by atoms with Crippen molar-refractivity contribution in [2.75, 3.05) is 5.73 Å². The largest absolute Gasteiger partial charge is 0.380 e. The number of nitrogens with zero attached hydrogens (tertiary/aromatic N) is 1. The first-order valence-corrected chi connectivity index (χ1v) is 2.78. The second-order valence-electron chi connectivity index (χ2n) is 1.81. The van der Waals surface area contributed by atoms with Crippen LogP contribution in [0.1, 0.15) is 0 Å². The molecule has 0 bridgehead atoms. The molecule has 0 fully saturated rings. The monoisotopic (exact) mass is 136 g/mol. The van der Waals surface area contributed by atoms with E-state index >= 15 is 0 Å². The highest BCUT2D eigenvalue weighted by Crippen LogP contribution is 1.78. The van der Waals surface area contributed by atoms with E-state index in [2.05, 4.69) is 22.8 Å². The summed E-state index contributed by atoms with van der Waals surface area (Å²) in [5.74, 6) is 0.352. The molecule has 0 aliphatic carbocycles.